The first-order valence-electron chi connectivity index (χ1n) is 10.3. The standard InChI is InChI=1S/C24H26ClN3O2/c1-3-27-12-14-28(15-13-27)21-9-8-18(16-17(21)2)26-24(29)23-11-10-22(30-23)19-6-4-5-7-20(19)25/h4-11,16H,3,12-15H2,1-2H3,(H,26,29). The minimum absolute atomic E-state index is 0.252. The zero-order chi connectivity index (χ0) is 21.1. The molecule has 0 unspecified atom stereocenters. The molecule has 1 aromatic heterocycles. The molecular formula is C24H26ClN3O2. The number of furan rings is 1. The van der Waals surface area contributed by atoms with Crippen molar-refractivity contribution in [2.45, 2.75) is 13.8 Å². The highest BCUT2D eigenvalue weighted by Crippen LogP contribution is 2.30. The van der Waals surface area contributed by atoms with Crippen LogP contribution in [0, 0.1) is 6.92 Å². The van der Waals surface area contributed by atoms with Gasteiger partial charge in [0.25, 0.3) is 5.91 Å². The van der Waals surface area contributed by atoms with E-state index in [0.717, 1.165) is 49.5 Å². The van der Waals surface area contributed by atoms with E-state index in [1.807, 2.05) is 30.3 Å². The molecule has 0 bridgehead atoms. The molecule has 1 N–H and O–H groups in total. The van der Waals surface area contributed by atoms with E-state index in [-0.39, 0.29) is 11.7 Å². The fraction of sp³-hybridized carbons (Fsp3) is 0.292. The van der Waals surface area contributed by atoms with Gasteiger partial charge in [0.1, 0.15) is 5.76 Å². The van der Waals surface area contributed by atoms with Crippen LogP contribution in [0.1, 0.15) is 23.0 Å². The third kappa shape index (κ3) is 4.37. The molecule has 1 amide bonds. The Balaban J connectivity index is 1.44. The van der Waals surface area contributed by atoms with Gasteiger partial charge in [-0.1, -0.05) is 30.7 Å². The van der Waals surface area contributed by atoms with E-state index in [1.54, 1.807) is 18.2 Å². The molecule has 4 rings (SSSR count). The predicted molar refractivity (Wildman–Crippen MR) is 123 cm³/mol. The number of hydrogen-bond donors (Lipinski definition) is 1. The average Bonchev–Trinajstić information content (AvgIpc) is 3.24. The summed E-state index contributed by atoms with van der Waals surface area (Å²) in [5, 5.41) is 3.52. The molecule has 3 aromatic rings. The molecule has 1 fully saturated rings. The lowest BCUT2D eigenvalue weighted by Crippen LogP contribution is -2.46. The number of nitrogens with one attached hydrogen (secondary N) is 1. The molecule has 0 saturated carbocycles. The summed E-state index contributed by atoms with van der Waals surface area (Å²) in [7, 11) is 0. The first-order valence-corrected chi connectivity index (χ1v) is 10.7. The summed E-state index contributed by atoms with van der Waals surface area (Å²) < 4.78 is 5.74. The fourth-order valence-corrected chi connectivity index (χ4v) is 4.08. The summed E-state index contributed by atoms with van der Waals surface area (Å²) in [5.41, 5.74) is 3.89. The molecule has 0 aliphatic carbocycles. The molecule has 2 heterocycles. The van der Waals surface area contributed by atoms with Gasteiger partial charge in [0.05, 0.1) is 5.02 Å². The Labute approximate surface area is 182 Å². The number of anilines is 2. The maximum absolute atomic E-state index is 12.7. The minimum atomic E-state index is -0.281. The van der Waals surface area contributed by atoms with E-state index in [0.29, 0.717) is 10.8 Å². The average molecular weight is 424 g/mol. The molecule has 1 aliphatic rings. The number of carbonyl (C=O) groups is 1. The van der Waals surface area contributed by atoms with Crippen LogP contribution >= 0.6 is 11.6 Å². The van der Waals surface area contributed by atoms with E-state index < -0.39 is 0 Å². The van der Waals surface area contributed by atoms with Crippen molar-refractivity contribution in [3.8, 4) is 11.3 Å². The normalized spacial score (nSPS) is 14.7. The van der Waals surface area contributed by atoms with E-state index in [2.05, 4.69) is 35.0 Å². The number of aryl methyl sites for hydroxylation is 1. The highest BCUT2D eigenvalue weighted by atomic mass is 35.5. The van der Waals surface area contributed by atoms with Gasteiger partial charge in [-0.15, -0.1) is 0 Å². The van der Waals surface area contributed by atoms with Crippen molar-refractivity contribution in [1.29, 1.82) is 0 Å². The number of carbonyl (C=O) groups excluding carboxylic acids is 1. The fourth-order valence-electron chi connectivity index (χ4n) is 3.85. The van der Waals surface area contributed by atoms with Gasteiger partial charge < -0.3 is 19.5 Å². The quantitative estimate of drug-likeness (QED) is 0.604. The highest BCUT2D eigenvalue weighted by Gasteiger charge is 2.18. The van der Waals surface area contributed by atoms with Crippen LogP contribution in [-0.2, 0) is 0 Å². The third-order valence-electron chi connectivity index (χ3n) is 5.58. The van der Waals surface area contributed by atoms with Gasteiger partial charge in [0.15, 0.2) is 5.76 Å². The number of halogens is 1. The number of hydrogen-bond acceptors (Lipinski definition) is 4. The SMILES string of the molecule is CCN1CCN(c2ccc(NC(=O)c3ccc(-c4ccccc4Cl)o3)cc2C)CC1. The van der Waals surface area contributed by atoms with E-state index in [9.17, 15) is 4.79 Å². The van der Waals surface area contributed by atoms with Crippen LogP contribution in [-0.4, -0.2) is 43.5 Å². The molecule has 0 radical (unpaired) electrons. The maximum atomic E-state index is 12.7. The Morgan fingerprint density at radius 1 is 1.07 bits per heavy atom. The molecule has 0 atom stereocenters. The highest BCUT2D eigenvalue weighted by molar-refractivity contribution is 6.33. The second kappa shape index (κ2) is 8.94. The smallest absolute Gasteiger partial charge is 0.291 e. The maximum Gasteiger partial charge on any atom is 0.291 e. The summed E-state index contributed by atoms with van der Waals surface area (Å²) in [4.78, 5) is 17.5. The van der Waals surface area contributed by atoms with Crippen LogP contribution in [0.15, 0.2) is 59.0 Å². The molecular weight excluding hydrogens is 398 g/mol. The van der Waals surface area contributed by atoms with E-state index >= 15 is 0 Å². The van der Waals surface area contributed by atoms with Gasteiger partial charge in [-0.05, 0) is 61.5 Å². The molecule has 1 saturated heterocycles. The van der Waals surface area contributed by atoms with Crippen LogP contribution in [0.5, 0.6) is 0 Å². The first-order chi connectivity index (χ1) is 14.5. The molecule has 156 valence electrons. The van der Waals surface area contributed by atoms with Gasteiger partial charge in [-0.25, -0.2) is 0 Å². The van der Waals surface area contributed by atoms with Crippen LogP contribution < -0.4 is 10.2 Å². The number of piperazine rings is 1. The van der Waals surface area contributed by atoms with Crippen molar-refractivity contribution in [3.05, 3.63) is 70.9 Å². The molecule has 30 heavy (non-hydrogen) atoms. The lowest BCUT2D eigenvalue weighted by atomic mass is 10.1. The van der Waals surface area contributed by atoms with Crippen molar-refractivity contribution in [2.24, 2.45) is 0 Å². The van der Waals surface area contributed by atoms with Gasteiger partial charge >= 0.3 is 0 Å². The Morgan fingerprint density at radius 2 is 1.83 bits per heavy atom. The minimum Gasteiger partial charge on any atom is -0.451 e. The molecule has 6 heteroatoms. The van der Waals surface area contributed by atoms with Crippen molar-refractivity contribution >= 4 is 28.9 Å². The zero-order valence-corrected chi connectivity index (χ0v) is 18.1. The van der Waals surface area contributed by atoms with Gasteiger partial charge in [0, 0.05) is 43.1 Å². The van der Waals surface area contributed by atoms with Crippen LogP contribution in [0.3, 0.4) is 0 Å². The Morgan fingerprint density at radius 3 is 2.53 bits per heavy atom. The number of likely N-dealkylation sites (N-methyl/N-ethyl adjacent to an activating group) is 1. The number of benzene rings is 2. The summed E-state index contributed by atoms with van der Waals surface area (Å²) >= 11 is 6.22. The van der Waals surface area contributed by atoms with Gasteiger partial charge in [0.2, 0.25) is 0 Å². The van der Waals surface area contributed by atoms with Crippen LogP contribution in [0.2, 0.25) is 5.02 Å². The summed E-state index contributed by atoms with van der Waals surface area (Å²) in [6, 6.07) is 16.9. The van der Waals surface area contributed by atoms with Crippen LogP contribution in [0.4, 0.5) is 11.4 Å². The predicted octanol–water partition coefficient (Wildman–Crippen LogP) is 5.30. The number of rotatable bonds is 5. The zero-order valence-electron chi connectivity index (χ0n) is 17.3. The van der Waals surface area contributed by atoms with E-state index in [4.69, 9.17) is 16.0 Å². The topological polar surface area (TPSA) is 48.7 Å². The summed E-state index contributed by atoms with van der Waals surface area (Å²) in [5.74, 6) is 0.544. The largest absolute Gasteiger partial charge is 0.451 e. The van der Waals surface area contributed by atoms with Crippen molar-refractivity contribution in [2.75, 3.05) is 42.9 Å². The molecule has 2 aromatic carbocycles. The molecule has 1 aliphatic heterocycles. The Kier molecular flexibility index (Phi) is 6.11. The van der Waals surface area contributed by atoms with Crippen molar-refractivity contribution in [3.63, 3.8) is 0 Å². The van der Waals surface area contributed by atoms with Gasteiger partial charge in [-0.2, -0.15) is 0 Å². The lowest BCUT2D eigenvalue weighted by molar-refractivity contribution is 0.0997. The number of amides is 1. The van der Waals surface area contributed by atoms with Crippen molar-refractivity contribution < 1.29 is 9.21 Å². The van der Waals surface area contributed by atoms with E-state index in [1.165, 1.54) is 5.69 Å². The second-order valence-electron chi connectivity index (χ2n) is 7.52. The monoisotopic (exact) mass is 423 g/mol. The van der Waals surface area contributed by atoms with Crippen molar-refractivity contribution in [1.82, 2.24) is 4.90 Å². The molecule has 0 spiro atoms. The van der Waals surface area contributed by atoms with Gasteiger partial charge in [-0.3, -0.25) is 4.79 Å². The second-order valence-corrected chi connectivity index (χ2v) is 7.93. The third-order valence-corrected chi connectivity index (χ3v) is 5.91. The summed E-state index contributed by atoms with van der Waals surface area (Å²) in [6.45, 7) is 9.60. The Hall–Kier alpha value is -2.76. The number of nitrogens with zero attached hydrogens (tertiary/aromatic N) is 2. The lowest BCUT2D eigenvalue weighted by Gasteiger charge is -2.36. The summed E-state index contributed by atoms with van der Waals surface area (Å²) in [6.07, 6.45) is 0. The Bertz CT molecular complexity index is 1040. The first kappa shape index (κ1) is 20.5. The molecule has 5 nitrogen and oxygen atoms in total. The van der Waals surface area contributed by atoms with Crippen LogP contribution in [0.25, 0.3) is 11.3 Å².